The number of rotatable bonds is 3. The number of fused-ring (bicyclic) bond motifs is 2. The molecule has 1 unspecified atom stereocenters. The van der Waals surface area contributed by atoms with Crippen molar-refractivity contribution in [2.24, 2.45) is 4.99 Å². The van der Waals surface area contributed by atoms with Crippen LogP contribution < -0.4 is 0 Å². The fraction of sp³-hybridized carbons (Fsp3) is 0.250. The van der Waals surface area contributed by atoms with E-state index in [-0.39, 0.29) is 12.1 Å². The number of esters is 1. The van der Waals surface area contributed by atoms with E-state index in [0.717, 1.165) is 39.4 Å². The molecule has 0 amide bonds. The zero-order valence-corrected chi connectivity index (χ0v) is 16.3. The first-order valence-electron chi connectivity index (χ1n) is 9.87. The number of cyclic esters (lactones) is 1. The summed E-state index contributed by atoms with van der Waals surface area (Å²) in [6.07, 6.45) is 4.99. The summed E-state index contributed by atoms with van der Waals surface area (Å²) >= 11 is 0. The Hall–Kier alpha value is -3.34. The molecule has 5 nitrogen and oxygen atoms in total. The first-order chi connectivity index (χ1) is 14.2. The van der Waals surface area contributed by atoms with E-state index < -0.39 is 0 Å². The van der Waals surface area contributed by atoms with Crippen molar-refractivity contribution in [1.82, 2.24) is 9.97 Å². The third-order valence-corrected chi connectivity index (χ3v) is 5.51. The Morgan fingerprint density at radius 3 is 2.76 bits per heavy atom. The number of aliphatic imine (C=N–C) groups is 1. The Labute approximate surface area is 169 Å². The number of ether oxygens (including phenoxy) is 1. The first kappa shape index (κ1) is 17.7. The Bertz CT molecular complexity index is 1120. The summed E-state index contributed by atoms with van der Waals surface area (Å²) in [7, 11) is 0. The predicted molar refractivity (Wildman–Crippen MR) is 110 cm³/mol. The van der Waals surface area contributed by atoms with Gasteiger partial charge in [-0.05, 0) is 53.9 Å². The van der Waals surface area contributed by atoms with E-state index >= 15 is 0 Å². The second-order valence-corrected chi connectivity index (χ2v) is 7.65. The van der Waals surface area contributed by atoms with E-state index in [9.17, 15) is 4.79 Å². The van der Waals surface area contributed by atoms with Gasteiger partial charge in [-0.15, -0.1) is 0 Å². The lowest BCUT2D eigenvalue weighted by Crippen LogP contribution is -2.21. The molecule has 29 heavy (non-hydrogen) atoms. The molecule has 5 heteroatoms. The summed E-state index contributed by atoms with van der Waals surface area (Å²) in [5, 5.41) is 0. The lowest BCUT2D eigenvalue weighted by Gasteiger charge is -2.16. The second kappa shape index (κ2) is 7.24. The fourth-order valence-electron chi connectivity index (χ4n) is 4.18. The molecule has 3 aromatic rings. The Morgan fingerprint density at radius 2 is 1.93 bits per heavy atom. The normalized spacial score (nSPS) is 17.8. The highest BCUT2D eigenvalue weighted by molar-refractivity contribution is 6.15. The standard InChI is InChI=1S/C24H21N3O2/c1-15-3-2-4-20(27-15)13-21-10-18-11-22-19(9-17(18)12-23(28)29-21)14-26-24(22)16-5-7-25-8-6-16/h2-9,11,21H,10,12-14H2,1H3. The molecule has 0 saturated heterocycles. The Morgan fingerprint density at radius 1 is 1.07 bits per heavy atom. The maximum absolute atomic E-state index is 12.4. The smallest absolute Gasteiger partial charge is 0.310 e. The molecule has 0 spiro atoms. The van der Waals surface area contributed by atoms with Crippen molar-refractivity contribution < 1.29 is 9.53 Å². The monoisotopic (exact) mass is 383 g/mol. The number of aromatic nitrogens is 2. The van der Waals surface area contributed by atoms with Crippen molar-refractivity contribution >= 4 is 11.7 Å². The number of nitrogens with zero attached hydrogens (tertiary/aromatic N) is 3. The van der Waals surface area contributed by atoms with Gasteiger partial charge in [0, 0.05) is 47.8 Å². The number of benzene rings is 1. The minimum atomic E-state index is -0.209. The van der Waals surface area contributed by atoms with Crippen molar-refractivity contribution in [3.05, 3.63) is 94.1 Å². The van der Waals surface area contributed by atoms with E-state index in [1.165, 1.54) is 5.56 Å². The van der Waals surface area contributed by atoms with Crippen LogP contribution in [0.15, 0.2) is 59.9 Å². The topological polar surface area (TPSA) is 64.4 Å². The summed E-state index contributed by atoms with van der Waals surface area (Å²) in [5.74, 6) is -0.172. The fourth-order valence-corrected chi connectivity index (χ4v) is 4.18. The molecular formula is C24H21N3O2. The number of aryl methyl sites for hydroxylation is 1. The van der Waals surface area contributed by atoms with Gasteiger partial charge in [0.1, 0.15) is 6.10 Å². The molecule has 0 radical (unpaired) electrons. The number of carbonyl (C=O) groups excluding carboxylic acids is 1. The minimum absolute atomic E-state index is 0.172. The molecule has 4 heterocycles. The third-order valence-electron chi connectivity index (χ3n) is 5.51. The van der Waals surface area contributed by atoms with E-state index in [2.05, 4.69) is 22.1 Å². The summed E-state index contributed by atoms with van der Waals surface area (Å²) in [5.41, 5.74) is 8.53. The van der Waals surface area contributed by atoms with Gasteiger partial charge in [0.05, 0.1) is 18.7 Å². The van der Waals surface area contributed by atoms with Crippen LogP contribution in [0.25, 0.3) is 0 Å². The third kappa shape index (κ3) is 3.56. The van der Waals surface area contributed by atoms with Gasteiger partial charge in [0.2, 0.25) is 0 Å². The SMILES string of the molecule is Cc1cccc(CC2Cc3cc4c(cc3CC(=O)O2)CN=C4c2ccncc2)n1. The number of hydrogen-bond donors (Lipinski definition) is 0. The molecule has 0 saturated carbocycles. The van der Waals surface area contributed by atoms with Crippen LogP contribution in [0.3, 0.4) is 0 Å². The first-order valence-corrected chi connectivity index (χ1v) is 9.87. The summed E-state index contributed by atoms with van der Waals surface area (Å²) < 4.78 is 5.76. The molecule has 2 aliphatic heterocycles. The van der Waals surface area contributed by atoms with Crippen LogP contribution in [-0.4, -0.2) is 27.8 Å². The second-order valence-electron chi connectivity index (χ2n) is 7.65. The largest absolute Gasteiger partial charge is 0.461 e. The summed E-state index contributed by atoms with van der Waals surface area (Å²) in [6, 6.07) is 14.3. The van der Waals surface area contributed by atoms with Crippen molar-refractivity contribution in [3.63, 3.8) is 0 Å². The highest BCUT2D eigenvalue weighted by atomic mass is 16.5. The van der Waals surface area contributed by atoms with Crippen molar-refractivity contribution in [2.45, 2.75) is 38.8 Å². The maximum atomic E-state index is 12.4. The Kier molecular flexibility index (Phi) is 4.43. The van der Waals surface area contributed by atoms with E-state index in [0.29, 0.717) is 25.8 Å². The number of carbonyl (C=O) groups is 1. The zero-order chi connectivity index (χ0) is 19.8. The van der Waals surface area contributed by atoms with Crippen LogP contribution in [0.2, 0.25) is 0 Å². The molecule has 2 aromatic heterocycles. The van der Waals surface area contributed by atoms with E-state index in [4.69, 9.17) is 9.73 Å². The quantitative estimate of drug-likeness (QED) is 0.651. The minimum Gasteiger partial charge on any atom is -0.461 e. The zero-order valence-electron chi connectivity index (χ0n) is 16.3. The van der Waals surface area contributed by atoms with Crippen molar-refractivity contribution in [2.75, 3.05) is 0 Å². The van der Waals surface area contributed by atoms with Crippen LogP contribution in [0, 0.1) is 6.92 Å². The number of hydrogen-bond acceptors (Lipinski definition) is 5. The van der Waals surface area contributed by atoms with Gasteiger partial charge < -0.3 is 4.74 Å². The maximum Gasteiger partial charge on any atom is 0.310 e. The molecule has 0 aliphatic carbocycles. The van der Waals surface area contributed by atoms with Gasteiger partial charge in [-0.25, -0.2) is 0 Å². The summed E-state index contributed by atoms with van der Waals surface area (Å²) in [6.45, 7) is 2.62. The van der Waals surface area contributed by atoms with Crippen LogP contribution in [0.1, 0.15) is 39.2 Å². The molecule has 0 bridgehead atoms. The van der Waals surface area contributed by atoms with Gasteiger partial charge in [-0.1, -0.05) is 12.1 Å². The molecule has 0 N–H and O–H groups in total. The Balaban J connectivity index is 1.47. The highest BCUT2D eigenvalue weighted by Crippen LogP contribution is 2.29. The van der Waals surface area contributed by atoms with Gasteiger partial charge in [0.25, 0.3) is 0 Å². The van der Waals surface area contributed by atoms with Crippen molar-refractivity contribution in [3.8, 4) is 0 Å². The summed E-state index contributed by atoms with van der Waals surface area (Å²) in [4.78, 5) is 25.8. The molecule has 5 rings (SSSR count). The predicted octanol–water partition coefficient (Wildman–Crippen LogP) is 3.39. The van der Waals surface area contributed by atoms with Crippen LogP contribution in [-0.2, 0) is 35.3 Å². The lowest BCUT2D eigenvalue weighted by atomic mass is 9.91. The van der Waals surface area contributed by atoms with Crippen LogP contribution >= 0.6 is 0 Å². The molecule has 144 valence electrons. The van der Waals surface area contributed by atoms with E-state index in [1.54, 1.807) is 12.4 Å². The van der Waals surface area contributed by atoms with E-state index in [1.807, 2.05) is 37.3 Å². The molecule has 1 aromatic carbocycles. The average molecular weight is 383 g/mol. The van der Waals surface area contributed by atoms with Gasteiger partial charge in [-0.3, -0.25) is 19.8 Å². The lowest BCUT2D eigenvalue weighted by molar-refractivity contribution is -0.147. The van der Waals surface area contributed by atoms with Crippen molar-refractivity contribution in [1.29, 1.82) is 0 Å². The molecule has 2 aliphatic rings. The molecule has 0 fully saturated rings. The van der Waals surface area contributed by atoms with Crippen LogP contribution in [0.5, 0.6) is 0 Å². The molecule has 1 atom stereocenters. The average Bonchev–Trinajstić information content (AvgIpc) is 3.04. The van der Waals surface area contributed by atoms with Gasteiger partial charge in [-0.2, -0.15) is 0 Å². The molecular weight excluding hydrogens is 362 g/mol. The highest BCUT2D eigenvalue weighted by Gasteiger charge is 2.27. The van der Waals surface area contributed by atoms with Gasteiger partial charge in [0.15, 0.2) is 0 Å². The van der Waals surface area contributed by atoms with Crippen LogP contribution in [0.4, 0.5) is 0 Å². The van der Waals surface area contributed by atoms with Gasteiger partial charge >= 0.3 is 5.97 Å². The number of pyridine rings is 2.